The molecule has 0 N–H and O–H groups in total. The van der Waals surface area contributed by atoms with E-state index in [0.717, 1.165) is 51.4 Å². The fraction of sp³-hybridized carbons (Fsp3) is 0.926. The molecule has 0 heterocycles. The molecule has 31 heavy (non-hydrogen) atoms. The normalized spacial score (nSPS) is 18.6. The van der Waals surface area contributed by atoms with Gasteiger partial charge in [-0.3, -0.25) is 9.59 Å². The molecule has 0 saturated heterocycles. The van der Waals surface area contributed by atoms with Crippen LogP contribution in [0.15, 0.2) is 0 Å². The van der Waals surface area contributed by atoms with Crippen LogP contribution in [0.25, 0.3) is 0 Å². The molecule has 1 rings (SSSR count). The molecule has 0 amide bonds. The highest BCUT2D eigenvalue weighted by atomic mass is 16.5. The predicted octanol–water partition coefficient (Wildman–Crippen LogP) is 7.77. The number of carbonyl (C=O) groups is 2. The van der Waals surface area contributed by atoms with Crippen molar-refractivity contribution in [2.24, 2.45) is 11.8 Å². The van der Waals surface area contributed by atoms with Gasteiger partial charge in [-0.25, -0.2) is 0 Å². The van der Waals surface area contributed by atoms with Gasteiger partial charge in [-0.05, 0) is 25.7 Å². The minimum absolute atomic E-state index is 0.180. The third-order valence-corrected chi connectivity index (χ3v) is 6.61. The minimum atomic E-state index is -0.302. The quantitative estimate of drug-likeness (QED) is 0.153. The number of rotatable bonds is 19. The fourth-order valence-electron chi connectivity index (χ4n) is 4.55. The predicted molar refractivity (Wildman–Crippen MR) is 128 cm³/mol. The topological polar surface area (TPSA) is 52.6 Å². The molecule has 1 aliphatic carbocycles. The third kappa shape index (κ3) is 13.9. The van der Waals surface area contributed by atoms with Crippen LogP contribution in [0.1, 0.15) is 136 Å². The van der Waals surface area contributed by atoms with Crippen LogP contribution in [-0.4, -0.2) is 25.2 Å². The summed E-state index contributed by atoms with van der Waals surface area (Å²) < 4.78 is 11.1. The Morgan fingerprint density at radius 1 is 0.548 bits per heavy atom. The maximum atomic E-state index is 12.6. The average molecular weight is 439 g/mol. The molecule has 0 bridgehead atoms. The first-order valence-electron chi connectivity index (χ1n) is 13.5. The van der Waals surface area contributed by atoms with Gasteiger partial charge in [-0.15, -0.1) is 0 Å². The van der Waals surface area contributed by atoms with Gasteiger partial charge in [0.05, 0.1) is 25.0 Å². The van der Waals surface area contributed by atoms with Gasteiger partial charge in [0, 0.05) is 0 Å². The Morgan fingerprint density at radius 2 is 0.871 bits per heavy atom. The summed E-state index contributed by atoms with van der Waals surface area (Å²) in [6, 6.07) is 0. The van der Waals surface area contributed by atoms with Crippen LogP contribution in [0.4, 0.5) is 0 Å². The zero-order chi connectivity index (χ0) is 22.6. The smallest absolute Gasteiger partial charge is 0.309 e. The van der Waals surface area contributed by atoms with E-state index >= 15 is 0 Å². The zero-order valence-electron chi connectivity index (χ0n) is 20.6. The molecule has 182 valence electrons. The number of hydrogen-bond donors (Lipinski definition) is 0. The number of carbonyl (C=O) groups excluding carboxylic acids is 2. The number of ether oxygens (including phenoxy) is 2. The van der Waals surface area contributed by atoms with Crippen LogP contribution >= 0.6 is 0 Å². The highest BCUT2D eigenvalue weighted by molar-refractivity contribution is 5.82. The molecule has 0 aromatic carbocycles. The van der Waals surface area contributed by atoms with Crippen molar-refractivity contribution in [3.8, 4) is 0 Å². The van der Waals surface area contributed by atoms with Crippen molar-refractivity contribution in [3.05, 3.63) is 0 Å². The van der Waals surface area contributed by atoms with Gasteiger partial charge in [0.15, 0.2) is 0 Å². The van der Waals surface area contributed by atoms with Crippen LogP contribution in [0.5, 0.6) is 0 Å². The van der Waals surface area contributed by atoms with E-state index in [-0.39, 0.29) is 23.8 Å². The first-order chi connectivity index (χ1) is 15.2. The van der Waals surface area contributed by atoms with Crippen LogP contribution in [0, 0.1) is 11.8 Å². The Morgan fingerprint density at radius 3 is 1.23 bits per heavy atom. The van der Waals surface area contributed by atoms with Gasteiger partial charge in [0.2, 0.25) is 0 Å². The molecule has 1 fully saturated rings. The Balaban J connectivity index is 2.15. The maximum absolute atomic E-state index is 12.6. The summed E-state index contributed by atoms with van der Waals surface area (Å²) in [5.74, 6) is -0.965. The second-order valence-electron chi connectivity index (χ2n) is 9.43. The molecule has 0 aromatic rings. The van der Waals surface area contributed by atoms with E-state index < -0.39 is 0 Å². The summed E-state index contributed by atoms with van der Waals surface area (Å²) in [5, 5.41) is 0. The zero-order valence-corrected chi connectivity index (χ0v) is 20.6. The SMILES string of the molecule is CCCCCCCCCCCOC(=O)C1CCCCC1C(=O)OCCCCCCCC. The van der Waals surface area contributed by atoms with Crippen molar-refractivity contribution >= 4 is 11.9 Å². The van der Waals surface area contributed by atoms with Crippen molar-refractivity contribution < 1.29 is 19.1 Å². The monoisotopic (exact) mass is 438 g/mol. The minimum Gasteiger partial charge on any atom is -0.465 e. The number of unbranched alkanes of at least 4 members (excludes halogenated alkanes) is 13. The summed E-state index contributed by atoms with van der Waals surface area (Å²) in [7, 11) is 0. The van der Waals surface area contributed by atoms with Gasteiger partial charge in [0.1, 0.15) is 0 Å². The molecule has 4 nitrogen and oxygen atoms in total. The van der Waals surface area contributed by atoms with E-state index in [4.69, 9.17) is 9.47 Å². The summed E-state index contributed by atoms with van der Waals surface area (Å²) in [6.45, 7) is 5.44. The van der Waals surface area contributed by atoms with Crippen LogP contribution < -0.4 is 0 Å². The van der Waals surface area contributed by atoms with E-state index in [0.29, 0.717) is 13.2 Å². The molecule has 0 radical (unpaired) electrons. The van der Waals surface area contributed by atoms with Gasteiger partial charge in [-0.2, -0.15) is 0 Å². The first kappa shape index (κ1) is 28.0. The first-order valence-corrected chi connectivity index (χ1v) is 13.5. The maximum Gasteiger partial charge on any atom is 0.309 e. The lowest BCUT2D eigenvalue weighted by Crippen LogP contribution is -2.35. The Bertz CT molecular complexity index is 449. The molecule has 0 aromatic heterocycles. The largest absolute Gasteiger partial charge is 0.465 e. The van der Waals surface area contributed by atoms with E-state index in [1.807, 2.05) is 0 Å². The molecule has 4 heteroatoms. The Hall–Kier alpha value is -1.06. The summed E-state index contributed by atoms with van der Waals surface area (Å²) in [4.78, 5) is 25.2. The number of esters is 2. The van der Waals surface area contributed by atoms with Gasteiger partial charge >= 0.3 is 11.9 Å². The average Bonchev–Trinajstić information content (AvgIpc) is 2.79. The highest BCUT2D eigenvalue weighted by Crippen LogP contribution is 2.32. The van der Waals surface area contributed by atoms with Crippen LogP contribution in [0.3, 0.4) is 0 Å². The Kier molecular flexibility index (Phi) is 17.7. The van der Waals surface area contributed by atoms with Gasteiger partial charge in [0.25, 0.3) is 0 Å². The van der Waals surface area contributed by atoms with Crippen LogP contribution in [-0.2, 0) is 19.1 Å². The van der Waals surface area contributed by atoms with Crippen molar-refractivity contribution in [2.45, 2.75) is 136 Å². The fourth-order valence-corrected chi connectivity index (χ4v) is 4.55. The summed E-state index contributed by atoms with van der Waals surface area (Å²) in [5.41, 5.74) is 0. The number of hydrogen-bond acceptors (Lipinski definition) is 4. The second kappa shape index (κ2) is 19.6. The molecule has 1 aliphatic rings. The van der Waals surface area contributed by atoms with E-state index in [9.17, 15) is 9.59 Å². The van der Waals surface area contributed by atoms with Crippen molar-refractivity contribution in [1.82, 2.24) is 0 Å². The second-order valence-corrected chi connectivity index (χ2v) is 9.43. The molecule has 2 atom stereocenters. The van der Waals surface area contributed by atoms with E-state index in [1.165, 1.54) is 70.6 Å². The van der Waals surface area contributed by atoms with E-state index in [2.05, 4.69) is 13.8 Å². The summed E-state index contributed by atoms with van der Waals surface area (Å²) in [6.07, 6.45) is 21.8. The van der Waals surface area contributed by atoms with Gasteiger partial charge in [-0.1, -0.05) is 110 Å². The molecule has 0 spiro atoms. The lowest BCUT2D eigenvalue weighted by Gasteiger charge is -2.28. The van der Waals surface area contributed by atoms with Crippen molar-refractivity contribution in [1.29, 1.82) is 0 Å². The third-order valence-electron chi connectivity index (χ3n) is 6.61. The molecular formula is C27H50O4. The molecular weight excluding hydrogens is 388 g/mol. The van der Waals surface area contributed by atoms with E-state index in [1.54, 1.807) is 0 Å². The molecule has 0 aliphatic heterocycles. The lowest BCUT2D eigenvalue weighted by molar-refractivity contribution is -0.163. The molecule has 1 saturated carbocycles. The van der Waals surface area contributed by atoms with Gasteiger partial charge < -0.3 is 9.47 Å². The summed E-state index contributed by atoms with van der Waals surface area (Å²) >= 11 is 0. The van der Waals surface area contributed by atoms with Crippen molar-refractivity contribution in [3.63, 3.8) is 0 Å². The standard InChI is InChI=1S/C27H50O4/c1-3-5-7-9-11-12-13-15-19-23-31-27(29)25-21-17-16-20-24(25)26(28)30-22-18-14-10-8-6-4-2/h24-25H,3-23H2,1-2H3. The molecule has 2 unspecified atom stereocenters. The van der Waals surface area contributed by atoms with Crippen LogP contribution in [0.2, 0.25) is 0 Å². The lowest BCUT2D eigenvalue weighted by atomic mass is 9.79. The highest BCUT2D eigenvalue weighted by Gasteiger charge is 2.37. The van der Waals surface area contributed by atoms with Crippen molar-refractivity contribution in [2.75, 3.05) is 13.2 Å². The Labute approximate surface area is 192 Å².